The number of aromatic amines is 2. The molecule has 5 aromatic heterocycles. The molecule has 0 unspecified atom stereocenters. The largest absolute Gasteiger partial charge is 0.325 e. The van der Waals surface area contributed by atoms with E-state index in [2.05, 4.69) is 35.5 Å². The van der Waals surface area contributed by atoms with Crippen LogP contribution < -0.4 is 5.32 Å². The lowest BCUT2D eigenvalue weighted by molar-refractivity contribution is -0.116. The third-order valence-electron chi connectivity index (χ3n) is 6.16. The number of pyridine rings is 3. The number of benzene rings is 1. The normalized spacial score (nSPS) is 11.5. The van der Waals surface area contributed by atoms with E-state index in [1.807, 2.05) is 32.0 Å². The first-order valence-electron chi connectivity index (χ1n) is 12.1. The van der Waals surface area contributed by atoms with Crippen molar-refractivity contribution in [2.75, 3.05) is 5.32 Å². The molecule has 3 N–H and O–H groups in total. The number of anilines is 1. The predicted molar refractivity (Wildman–Crippen MR) is 143 cm³/mol. The number of halogens is 1. The Labute approximate surface area is 216 Å². The number of hydrogen-bond acceptors (Lipinski definition) is 6. The van der Waals surface area contributed by atoms with Gasteiger partial charge < -0.3 is 10.3 Å². The first-order chi connectivity index (χ1) is 18.5. The van der Waals surface area contributed by atoms with Crippen LogP contribution in [-0.4, -0.2) is 41.0 Å². The van der Waals surface area contributed by atoms with Gasteiger partial charge in [0.25, 0.3) is 0 Å². The van der Waals surface area contributed by atoms with Crippen molar-refractivity contribution in [3.8, 4) is 33.8 Å². The lowest BCUT2D eigenvalue weighted by Gasteiger charge is -2.09. The smallest absolute Gasteiger partial charge is 0.224 e. The zero-order valence-electron chi connectivity index (χ0n) is 20.7. The van der Waals surface area contributed by atoms with E-state index in [0.717, 1.165) is 11.1 Å². The molecule has 5 heterocycles. The average molecular weight is 507 g/mol. The van der Waals surface area contributed by atoms with Crippen LogP contribution in [0, 0.1) is 11.7 Å². The highest BCUT2D eigenvalue weighted by Gasteiger charge is 2.18. The van der Waals surface area contributed by atoms with E-state index >= 15 is 4.39 Å². The molecule has 0 aliphatic carbocycles. The Morgan fingerprint density at radius 3 is 2.71 bits per heavy atom. The second-order valence-electron chi connectivity index (χ2n) is 9.44. The van der Waals surface area contributed by atoms with Gasteiger partial charge in [-0.2, -0.15) is 5.10 Å². The molecule has 188 valence electrons. The Bertz CT molecular complexity index is 1790. The molecule has 1 aromatic carbocycles. The van der Waals surface area contributed by atoms with Crippen molar-refractivity contribution in [2.45, 2.75) is 20.3 Å². The summed E-state index contributed by atoms with van der Waals surface area (Å²) in [6.45, 7) is 3.94. The average Bonchev–Trinajstić information content (AvgIpc) is 3.52. The maximum absolute atomic E-state index is 15.2. The zero-order chi connectivity index (χ0) is 26.2. The van der Waals surface area contributed by atoms with E-state index in [0.29, 0.717) is 56.8 Å². The summed E-state index contributed by atoms with van der Waals surface area (Å²) in [6.07, 6.45) is 8.70. The van der Waals surface area contributed by atoms with Crippen molar-refractivity contribution >= 4 is 33.7 Å². The van der Waals surface area contributed by atoms with Crippen molar-refractivity contribution in [1.82, 2.24) is 35.1 Å². The van der Waals surface area contributed by atoms with Crippen LogP contribution in [0.3, 0.4) is 0 Å². The van der Waals surface area contributed by atoms with Gasteiger partial charge in [-0.15, -0.1) is 0 Å². The monoisotopic (exact) mass is 506 g/mol. The van der Waals surface area contributed by atoms with Crippen molar-refractivity contribution in [1.29, 1.82) is 0 Å². The molecule has 1 amide bonds. The molecule has 0 atom stereocenters. The summed E-state index contributed by atoms with van der Waals surface area (Å²) in [5.74, 6) is 0.168. The van der Waals surface area contributed by atoms with Gasteiger partial charge in [-0.05, 0) is 30.2 Å². The van der Waals surface area contributed by atoms with Crippen LogP contribution in [0.5, 0.6) is 0 Å². The SMILES string of the molecule is CC(C)CC(=O)Nc1cncc(-c2cc3c(-c4nc5c(-c6cccnc6)ccnc5[nH]4)n[nH]c3cc2F)c1. The summed E-state index contributed by atoms with van der Waals surface area (Å²) >= 11 is 0. The number of nitrogens with zero attached hydrogens (tertiary/aromatic N) is 5. The van der Waals surface area contributed by atoms with Crippen LogP contribution in [0.25, 0.3) is 55.8 Å². The lowest BCUT2D eigenvalue weighted by Crippen LogP contribution is -2.14. The van der Waals surface area contributed by atoms with Gasteiger partial charge in [0.05, 0.1) is 17.4 Å². The summed E-state index contributed by atoms with van der Waals surface area (Å²) in [6, 6.07) is 10.5. The Hall–Kier alpha value is -4.99. The first kappa shape index (κ1) is 23.4. The highest BCUT2D eigenvalue weighted by molar-refractivity contribution is 5.98. The van der Waals surface area contributed by atoms with Crippen molar-refractivity contribution in [3.63, 3.8) is 0 Å². The Balaban J connectivity index is 1.41. The Morgan fingerprint density at radius 1 is 1.03 bits per heavy atom. The van der Waals surface area contributed by atoms with Gasteiger partial charge in [0.2, 0.25) is 5.91 Å². The minimum atomic E-state index is -0.440. The zero-order valence-corrected chi connectivity index (χ0v) is 20.7. The maximum atomic E-state index is 15.2. The third-order valence-corrected chi connectivity index (χ3v) is 6.16. The molecule has 0 fully saturated rings. The number of aromatic nitrogens is 7. The van der Waals surface area contributed by atoms with Gasteiger partial charge in [0.1, 0.15) is 17.0 Å². The Kier molecular flexibility index (Phi) is 5.83. The van der Waals surface area contributed by atoms with Crippen LogP contribution in [0.15, 0.2) is 67.4 Å². The minimum Gasteiger partial charge on any atom is -0.325 e. The number of H-pyrrole nitrogens is 2. The van der Waals surface area contributed by atoms with Crippen molar-refractivity contribution < 1.29 is 9.18 Å². The molecule has 38 heavy (non-hydrogen) atoms. The third kappa shape index (κ3) is 4.36. The van der Waals surface area contributed by atoms with Gasteiger partial charge in [-0.25, -0.2) is 14.4 Å². The van der Waals surface area contributed by atoms with E-state index < -0.39 is 5.82 Å². The molecule has 9 nitrogen and oxygen atoms in total. The topological polar surface area (TPSA) is 125 Å². The molecule has 0 saturated carbocycles. The van der Waals surface area contributed by atoms with Crippen LogP contribution in [-0.2, 0) is 4.79 Å². The van der Waals surface area contributed by atoms with Gasteiger partial charge in [-0.3, -0.25) is 19.9 Å². The summed E-state index contributed by atoms with van der Waals surface area (Å²) < 4.78 is 15.2. The molecular formula is C28H23FN8O. The molecule has 0 saturated heterocycles. The van der Waals surface area contributed by atoms with Crippen LogP contribution in [0.4, 0.5) is 10.1 Å². The van der Waals surface area contributed by atoms with E-state index in [9.17, 15) is 4.79 Å². The first-order valence-corrected chi connectivity index (χ1v) is 12.1. The summed E-state index contributed by atoms with van der Waals surface area (Å²) in [4.78, 5) is 33.1. The summed E-state index contributed by atoms with van der Waals surface area (Å²) in [5.41, 5.74) is 5.52. The number of carbonyl (C=O) groups excluding carboxylic acids is 1. The molecule has 0 bridgehead atoms. The van der Waals surface area contributed by atoms with E-state index in [-0.39, 0.29) is 11.8 Å². The van der Waals surface area contributed by atoms with Gasteiger partial charge in [0.15, 0.2) is 11.5 Å². The second-order valence-corrected chi connectivity index (χ2v) is 9.44. The molecule has 0 aliphatic heterocycles. The molecule has 0 aliphatic rings. The summed E-state index contributed by atoms with van der Waals surface area (Å²) in [7, 11) is 0. The fourth-order valence-corrected chi connectivity index (χ4v) is 4.46. The minimum absolute atomic E-state index is 0.115. The standard InChI is InChI=1S/C28H23FN8O/c1-15(2)8-24(38)33-18-9-17(13-31-14-18)20-10-21-23(11-22(20)29)36-37-26(21)28-34-25-19(5-7-32-27(25)35-28)16-4-3-6-30-12-16/h3-7,9-15H,8H2,1-2H3,(H,33,38)(H,36,37)(H,32,34,35). The number of amides is 1. The predicted octanol–water partition coefficient (Wildman–Crippen LogP) is 5.75. The number of fused-ring (bicyclic) bond motifs is 2. The van der Waals surface area contributed by atoms with Crippen LogP contribution in [0.2, 0.25) is 0 Å². The van der Waals surface area contributed by atoms with Gasteiger partial charge >= 0.3 is 0 Å². The highest BCUT2D eigenvalue weighted by Crippen LogP contribution is 2.34. The molecule has 10 heteroatoms. The van der Waals surface area contributed by atoms with Crippen LogP contribution in [0.1, 0.15) is 20.3 Å². The molecule has 0 radical (unpaired) electrons. The van der Waals surface area contributed by atoms with E-state index in [1.165, 1.54) is 6.07 Å². The lowest BCUT2D eigenvalue weighted by atomic mass is 10.0. The van der Waals surface area contributed by atoms with Crippen molar-refractivity contribution in [2.24, 2.45) is 5.92 Å². The number of rotatable bonds is 6. The fraction of sp³-hybridized carbons (Fsp3) is 0.143. The number of hydrogen-bond donors (Lipinski definition) is 3. The van der Waals surface area contributed by atoms with Crippen LogP contribution >= 0.6 is 0 Å². The van der Waals surface area contributed by atoms with E-state index in [4.69, 9.17) is 4.98 Å². The number of imidazole rings is 1. The van der Waals surface area contributed by atoms with Gasteiger partial charge in [0, 0.05) is 64.9 Å². The number of carbonyl (C=O) groups is 1. The van der Waals surface area contributed by atoms with Crippen molar-refractivity contribution in [3.05, 3.63) is 73.2 Å². The highest BCUT2D eigenvalue weighted by atomic mass is 19.1. The molecule has 6 aromatic rings. The fourth-order valence-electron chi connectivity index (χ4n) is 4.46. The second kappa shape index (κ2) is 9.47. The maximum Gasteiger partial charge on any atom is 0.224 e. The molecule has 0 spiro atoms. The quantitative estimate of drug-likeness (QED) is 0.264. The van der Waals surface area contributed by atoms with E-state index in [1.54, 1.807) is 43.1 Å². The summed E-state index contributed by atoms with van der Waals surface area (Å²) in [5, 5.41) is 10.8. The Morgan fingerprint density at radius 2 is 1.89 bits per heavy atom. The molecule has 6 rings (SSSR count). The number of nitrogens with one attached hydrogen (secondary N) is 3. The van der Waals surface area contributed by atoms with Gasteiger partial charge in [-0.1, -0.05) is 19.9 Å². The molecular weight excluding hydrogens is 483 g/mol.